The number of fused-ring (bicyclic) bond motifs is 1. The fourth-order valence-corrected chi connectivity index (χ4v) is 2.66. The molecule has 6 heteroatoms. The van der Waals surface area contributed by atoms with Gasteiger partial charge in [-0.3, -0.25) is 0 Å². The molecule has 0 bridgehead atoms. The van der Waals surface area contributed by atoms with Gasteiger partial charge in [0, 0.05) is 6.42 Å². The minimum Gasteiger partial charge on any atom is -0.214 e. The molecule has 22 heavy (non-hydrogen) atoms. The van der Waals surface area contributed by atoms with Gasteiger partial charge in [0.2, 0.25) is 0 Å². The van der Waals surface area contributed by atoms with Crippen molar-refractivity contribution >= 4 is 11.7 Å². The van der Waals surface area contributed by atoms with Crippen LogP contribution in [0.2, 0.25) is 0 Å². The zero-order valence-corrected chi connectivity index (χ0v) is 11.6. The normalized spacial score (nSPS) is 17.0. The van der Waals surface area contributed by atoms with E-state index in [2.05, 4.69) is 20.5 Å². The van der Waals surface area contributed by atoms with E-state index in [-0.39, 0.29) is 11.9 Å². The molecule has 0 amide bonds. The smallest absolute Gasteiger partial charge is 0.214 e. The molecule has 108 valence electrons. The van der Waals surface area contributed by atoms with Crippen LogP contribution < -0.4 is 0 Å². The molecule has 4 rings (SSSR count). The summed E-state index contributed by atoms with van der Waals surface area (Å²) in [4.78, 5) is 4.50. The van der Waals surface area contributed by atoms with Crippen molar-refractivity contribution in [2.75, 3.05) is 0 Å². The molecule has 0 fully saturated rings. The van der Waals surface area contributed by atoms with Crippen molar-refractivity contribution in [2.24, 2.45) is 4.99 Å². The molecule has 2 heterocycles. The fraction of sp³-hybridized carbons (Fsp3) is 0.125. The Bertz CT molecular complexity index is 823. The first-order valence-corrected chi connectivity index (χ1v) is 6.97. The molecule has 1 aromatic heterocycles. The van der Waals surface area contributed by atoms with Crippen LogP contribution in [0.1, 0.15) is 23.6 Å². The lowest BCUT2D eigenvalue weighted by Crippen LogP contribution is -2.21. The van der Waals surface area contributed by atoms with E-state index >= 15 is 0 Å². The quantitative estimate of drug-likeness (QED) is 0.730. The third-order valence-corrected chi connectivity index (χ3v) is 3.75. The van der Waals surface area contributed by atoms with Crippen LogP contribution in [0.5, 0.6) is 0 Å². The highest BCUT2D eigenvalue weighted by molar-refractivity contribution is 6.02. The molecule has 0 N–H and O–H groups in total. The van der Waals surface area contributed by atoms with E-state index in [1.807, 2.05) is 30.3 Å². The molecule has 1 aliphatic heterocycles. The Balaban J connectivity index is 1.78. The number of hydrogen-bond donors (Lipinski definition) is 0. The molecule has 0 radical (unpaired) electrons. The summed E-state index contributed by atoms with van der Waals surface area (Å²) in [6.07, 6.45) is 0.660. The van der Waals surface area contributed by atoms with Gasteiger partial charge in [0.1, 0.15) is 5.82 Å². The first-order valence-electron chi connectivity index (χ1n) is 6.97. The summed E-state index contributed by atoms with van der Waals surface area (Å²) in [5, 5.41) is 11.7. The Kier molecular flexibility index (Phi) is 3.00. The van der Waals surface area contributed by atoms with Gasteiger partial charge in [-0.05, 0) is 33.7 Å². The Morgan fingerprint density at radius 1 is 1.00 bits per heavy atom. The number of benzene rings is 2. The van der Waals surface area contributed by atoms with E-state index in [4.69, 9.17) is 0 Å². The highest BCUT2D eigenvalue weighted by atomic mass is 19.1. The van der Waals surface area contributed by atoms with Crippen LogP contribution in [0.25, 0.3) is 0 Å². The van der Waals surface area contributed by atoms with Gasteiger partial charge in [-0.15, -0.1) is 0 Å². The number of tetrazole rings is 1. The molecular weight excluding hydrogens is 281 g/mol. The summed E-state index contributed by atoms with van der Waals surface area (Å²) >= 11 is 0. The highest BCUT2D eigenvalue weighted by Crippen LogP contribution is 2.31. The highest BCUT2D eigenvalue weighted by Gasteiger charge is 2.26. The van der Waals surface area contributed by atoms with E-state index in [1.54, 1.807) is 16.8 Å². The summed E-state index contributed by atoms with van der Waals surface area (Å²) in [6.45, 7) is 0. The molecule has 1 atom stereocenters. The maximum absolute atomic E-state index is 13.1. The number of hydrogen-bond acceptors (Lipinski definition) is 4. The Labute approximate surface area is 126 Å². The number of aromatic nitrogens is 4. The van der Waals surface area contributed by atoms with Gasteiger partial charge in [-0.2, -0.15) is 0 Å². The number of nitrogens with zero attached hydrogens (tertiary/aromatic N) is 5. The summed E-state index contributed by atoms with van der Waals surface area (Å²) in [5.74, 6) is 0.212. The summed E-state index contributed by atoms with van der Waals surface area (Å²) in [6, 6.07) is 16.4. The van der Waals surface area contributed by atoms with E-state index in [0.717, 1.165) is 16.8 Å². The van der Waals surface area contributed by atoms with Crippen molar-refractivity contribution in [3.05, 3.63) is 71.5 Å². The van der Waals surface area contributed by atoms with Gasteiger partial charge < -0.3 is 0 Å². The monoisotopic (exact) mass is 293 g/mol. The number of aliphatic imine (C=N–C) groups is 1. The third-order valence-electron chi connectivity index (χ3n) is 3.75. The summed E-state index contributed by atoms with van der Waals surface area (Å²) in [7, 11) is 0. The topological polar surface area (TPSA) is 56.0 Å². The van der Waals surface area contributed by atoms with Gasteiger partial charge in [-0.25, -0.2) is 14.1 Å². The van der Waals surface area contributed by atoms with Gasteiger partial charge >= 0.3 is 0 Å². The molecule has 0 saturated carbocycles. The van der Waals surface area contributed by atoms with E-state index in [0.29, 0.717) is 12.4 Å². The van der Waals surface area contributed by atoms with Crippen LogP contribution in [0.3, 0.4) is 0 Å². The Hall–Kier alpha value is -2.89. The lowest BCUT2D eigenvalue weighted by atomic mass is 9.96. The minimum absolute atomic E-state index is 0.0104. The van der Waals surface area contributed by atoms with Crippen molar-refractivity contribution in [1.82, 2.24) is 20.2 Å². The largest absolute Gasteiger partial charge is 0.269 e. The van der Waals surface area contributed by atoms with Crippen molar-refractivity contribution in [1.29, 1.82) is 0 Å². The minimum atomic E-state index is -0.260. The third kappa shape index (κ3) is 2.18. The van der Waals surface area contributed by atoms with Crippen molar-refractivity contribution in [2.45, 2.75) is 12.5 Å². The van der Waals surface area contributed by atoms with Crippen molar-refractivity contribution < 1.29 is 4.39 Å². The van der Waals surface area contributed by atoms with Gasteiger partial charge in [-0.1, -0.05) is 47.6 Å². The van der Waals surface area contributed by atoms with Crippen molar-refractivity contribution in [3.8, 4) is 0 Å². The van der Waals surface area contributed by atoms with Gasteiger partial charge in [0.15, 0.2) is 0 Å². The number of halogens is 1. The van der Waals surface area contributed by atoms with E-state index in [1.165, 1.54) is 12.1 Å². The Morgan fingerprint density at radius 3 is 2.55 bits per heavy atom. The van der Waals surface area contributed by atoms with E-state index < -0.39 is 0 Å². The average Bonchev–Trinajstić information content (AvgIpc) is 3.04. The second kappa shape index (κ2) is 5.14. The zero-order valence-electron chi connectivity index (χ0n) is 11.6. The van der Waals surface area contributed by atoms with E-state index in [9.17, 15) is 4.39 Å². The predicted octanol–water partition coefficient (Wildman–Crippen LogP) is 2.93. The second-order valence-electron chi connectivity index (χ2n) is 5.12. The maximum Gasteiger partial charge on any atom is 0.269 e. The standard InChI is InChI=1S/C16H12FN5/c17-13-8-6-11(7-9-13)14-10-15(12-4-2-1-3-5-12)22-16(18-14)19-20-21-22/h1-9,15H,10H2. The lowest BCUT2D eigenvalue weighted by Gasteiger charge is -2.22. The Morgan fingerprint density at radius 2 is 1.77 bits per heavy atom. The summed E-state index contributed by atoms with van der Waals surface area (Å²) < 4.78 is 14.8. The first kappa shape index (κ1) is 12.8. The summed E-state index contributed by atoms with van der Waals surface area (Å²) in [5.41, 5.74) is 2.86. The van der Waals surface area contributed by atoms with Gasteiger partial charge in [0.05, 0.1) is 11.8 Å². The van der Waals surface area contributed by atoms with Crippen LogP contribution in [0.15, 0.2) is 59.6 Å². The first-order chi connectivity index (χ1) is 10.8. The van der Waals surface area contributed by atoms with Crippen LogP contribution in [0.4, 0.5) is 10.3 Å². The molecule has 0 aliphatic carbocycles. The molecule has 1 aliphatic rings. The molecule has 0 spiro atoms. The molecule has 5 nitrogen and oxygen atoms in total. The maximum atomic E-state index is 13.1. The molecule has 3 aromatic rings. The van der Waals surface area contributed by atoms with Crippen LogP contribution in [-0.2, 0) is 0 Å². The van der Waals surface area contributed by atoms with Crippen molar-refractivity contribution in [3.63, 3.8) is 0 Å². The second-order valence-corrected chi connectivity index (χ2v) is 5.12. The number of rotatable bonds is 2. The lowest BCUT2D eigenvalue weighted by molar-refractivity contribution is 0.515. The van der Waals surface area contributed by atoms with Crippen LogP contribution in [0, 0.1) is 5.82 Å². The molecule has 1 unspecified atom stereocenters. The van der Waals surface area contributed by atoms with Gasteiger partial charge in [0.25, 0.3) is 5.95 Å². The zero-order chi connectivity index (χ0) is 14.9. The SMILES string of the molecule is Fc1ccc(C2=Nc3nnnn3C(c3ccccc3)C2)cc1. The van der Waals surface area contributed by atoms with Crippen LogP contribution >= 0.6 is 0 Å². The van der Waals surface area contributed by atoms with Crippen LogP contribution in [-0.4, -0.2) is 25.9 Å². The predicted molar refractivity (Wildman–Crippen MR) is 79.6 cm³/mol. The fourth-order valence-electron chi connectivity index (χ4n) is 2.66. The molecule has 0 saturated heterocycles. The molecule has 2 aromatic carbocycles. The average molecular weight is 293 g/mol. The molecular formula is C16H12FN5.